The van der Waals surface area contributed by atoms with Crippen LogP contribution in [-0.2, 0) is 4.74 Å². The zero-order chi connectivity index (χ0) is 14.9. The van der Waals surface area contributed by atoms with Gasteiger partial charge in [-0.1, -0.05) is 0 Å². The van der Waals surface area contributed by atoms with Gasteiger partial charge >= 0.3 is 5.97 Å². The number of esters is 1. The fourth-order valence-electron chi connectivity index (χ4n) is 2.35. The molecule has 1 fully saturated rings. The van der Waals surface area contributed by atoms with Crippen LogP contribution in [0, 0.1) is 0 Å². The fourth-order valence-corrected chi connectivity index (χ4v) is 2.35. The van der Waals surface area contributed by atoms with Crippen LogP contribution in [0.3, 0.4) is 0 Å². The summed E-state index contributed by atoms with van der Waals surface area (Å²) >= 11 is 0. The molecule has 0 spiro atoms. The summed E-state index contributed by atoms with van der Waals surface area (Å²) in [6, 6.07) is 3.30. The lowest BCUT2D eigenvalue weighted by Crippen LogP contribution is -2.58. The highest BCUT2D eigenvalue weighted by Crippen LogP contribution is 2.27. The van der Waals surface area contributed by atoms with E-state index < -0.39 is 5.97 Å². The first kappa shape index (κ1) is 14.6. The summed E-state index contributed by atoms with van der Waals surface area (Å²) in [5.41, 5.74) is 6.92. The highest BCUT2D eigenvalue weighted by Gasteiger charge is 2.32. The molecule has 1 aliphatic rings. The van der Waals surface area contributed by atoms with E-state index in [4.69, 9.17) is 10.5 Å². The molecular weight excluding hydrogens is 256 g/mol. The van der Waals surface area contributed by atoms with Crippen LogP contribution in [0.5, 0.6) is 0 Å². The summed E-state index contributed by atoms with van der Waals surface area (Å²) in [6.45, 7) is 6.93. The number of ether oxygens (including phenoxy) is 1. The first-order valence-electron chi connectivity index (χ1n) is 6.66. The van der Waals surface area contributed by atoms with Crippen molar-refractivity contribution in [1.29, 1.82) is 0 Å². The fraction of sp³-hybridized carbons (Fsp3) is 0.571. The standard InChI is InChI=1S/C14H22N4O2/c1-14(2)9-18(8-7-17(14)3)12-10(15)5-6-11(16-12)13(19)20-4/h5-6H,7-9,15H2,1-4H3. The lowest BCUT2D eigenvalue weighted by molar-refractivity contribution is 0.0594. The van der Waals surface area contributed by atoms with Gasteiger partial charge in [-0.05, 0) is 33.0 Å². The second kappa shape index (κ2) is 5.28. The van der Waals surface area contributed by atoms with Gasteiger partial charge in [-0.3, -0.25) is 4.90 Å². The van der Waals surface area contributed by atoms with Gasteiger partial charge in [0.15, 0.2) is 11.5 Å². The number of nitrogens with two attached hydrogens (primary N) is 1. The predicted molar refractivity (Wildman–Crippen MR) is 78.9 cm³/mol. The lowest BCUT2D eigenvalue weighted by atomic mass is 9.99. The number of methoxy groups -OCH3 is 1. The molecule has 2 rings (SSSR count). The minimum atomic E-state index is -0.445. The van der Waals surface area contributed by atoms with Crippen LogP contribution in [0.4, 0.5) is 11.5 Å². The van der Waals surface area contributed by atoms with Gasteiger partial charge in [-0.25, -0.2) is 9.78 Å². The Balaban J connectivity index is 2.30. The average molecular weight is 278 g/mol. The number of hydrogen-bond donors (Lipinski definition) is 1. The number of aromatic nitrogens is 1. The summed E-state index contributed by atoms with van der Waals surface area (Å²) < 4.78 is 4.71. The predicted octanol–water partition coefficient (Wildman–Crippen LogP) is 0.981. The number of likely N-dealkylation sites (N-methyl/N-ethyl adjacent to an activating group) is 1. The van der Waals surface area contributed by atoms with Crippen LogP contribution in [0.2, 0.25) is 0 Å². The Morgan fingerprint density at radius 2 is 2.10 bits per heavy atom. The quantitative estimate of drug-likeness (QED) is 0.813. The van der Waals surface area contributed by atoms with Crippen molar-refractivity contribution in [3.05, 3.63) is 17.8 Å². The van der Waals surface area contributed by atoms with Crippen LogP contribution < -0.4 is 10.6 Å². The minimum absolute atomic E-state index is 0.0354. The Morgan fingerprint density at radius 1 is 1.40 bits per heavy atom. The molecule has 0 amide bonds. The molecule has 0 atom stereocenters. The molecule has 2 N–H and O–H groups in total. The summed E-state index contributed by atoms with van der Waals surface area (Å²) in [4.78, 5) is 20.4. The van der Waals surface area contributed by atoms with Crippen LogP contribution >= 0.6 is 0 Å². The highest BCUT2D eigenvalue weighted by molar-refractivity contribution is 5.88. The second-order valence-corrected chi connectivity index (χ2v) is 5.76. The molecule has 1 aromatic heterocycles. The molecule has 0 aliphatic carbocycles. The molecule has 1 saturated heterocycles. The number of nitrogen functional groups attached to an aromatic ring is 1. The zero-order valence-electron chi connectivity index (χ0n) is 12.5. The molecule has 1 aliphatic heterocycles. The van der Waals surface area contributed by atoms with Gasteiger partial charge in [0.05, 0.1) is 12.8 Å². The van der Waals surface area contributed by atoms with Crippen molar-refractivity contribution >= 4 is 17.5 Å². The van der Waals surface area contributed by atoms with E-state index in [-0.39, 0.29) is 11.2 Å². The van der Waals surface area contributed by atoms with Crippen molar-refractivity contribution in [2.75, 3.05) is 44.4 Å². The number of pyridine rings is 1. The number of hydrogen-bond acceptors (Lipinski definition) is 6. The second-order valence-electron chi connectivity index (χ2n) is 5.76. The van der Waals surface area contributed by atoms with E-state index in [0.29, 0.717) is 11.5 Å². The maximum atomic E-state index is 11.6. The van der Waals surface area contributed by atoms with Crippen LogP contribution in [0.25, 0.3) is 0 Å². The Labute approximate surface area is 119 Å². The third kappa shape index (κ3) is 2.70. The Kier molecular flexibility index (Phi) is 3.85. The van der Waals surface area contributed by atoms with Crippen LogP contribution in [0.1, 0.15) is 24.3 Å². The maximum absolute atomic E-state index is 11.6. The van der Waals surface area contributed by atoms with Gasteiger partial charge in [0, 0.05) is 25.2 Å². The summed E-state index contributed by atoms with van der Waals surface area (Å²) in [5, 5.41) is 0. The van der Waals surface area contributed by atoms with Crippen molar-refractivity contribution in [3.63, 3.8) is 0 Å². The highest BCUT2D eigenvalue weighted by atomic mass is 16.5. The van der Waals surface area contributed by atoms with Gasteiger partial charge in [0.1, 0.15) is 0 Å². The third-order valence-corrected chi connectivity index (χ3v) is 3.92. The summed E-state index contributed by atoms with van der Waals surface area (Å²) in [6.07, 6.45) is 0. The normalized spacial score (nSPS) is 18.9. The van der Waals surface area contributed by atoms with E-state index in [1.54, 1.807) is 12.1 Å². The molecule has 0 saturated carbocycles. The smallest absolute Gasteiger partial charge is 0.356 e. The molecule has 110 valence electrons. The number of carbonyl (C=O) groups excluding carboxylic acids is 1. The third-order valence-electron chi connectivity index (χ3n) is 3.92. The first-order chi connectivity index (χ1) is 9.35. The van der Waals surface area contributed by atoms with E-state index in [1.165, 1.54) is 7.11 Å². The zero-order valence-corrected chi connectivity index (χ0v) is 12.5. The van der Waals surface area contributed by atoms with E-state index in [9.17, 15) is 4.79 Å². The number of rotatable bonds is 2. The minimum Gasteiger partial charge on any atom is -0.464 e. The molecule has 0 unspecified atom stereocenters. The Hall–Kier alpha value is -1.82. The molecule has 1 aromatic rings. The molecule has 6 heteroatoms. The maximum Gasteiger partial charge on any atom is 0.356 e. The molecule has 20 heavy (non-hydrogen) atoms. The Morgan fingerprint density at radius 3 is 2.70 bits per heavy atom. The largest absolute Gasteiger partial charge is 0.464 e. The topological polar surface area (TPSA) is 71.7 Å². The van der Waals surface area contributed by atoms with Gasteiger partial charge in [-0.15, -0.1) is 0 Å². The molecule has 2 heterocycles. The van der Waals surface area contributed by atoms with Crippen molar-refractivity contribution in [3.8, 4) is 0 Å². The molecule has 0 bridgehead atoms. The van der Waals surface area contributed by atoms with Gasteiger partial charge in [0.2, 0.25) is 0 Å². The Bertz CT molecular complexity index is 516. The number of anilines is 2. The van der Waals surface area contributed by atoms with E-state index in [1.807, 2.05) is 0 Å². The van der Waals surface area contributed by atoms with E-state index in [2.05, 4.69) is 35.7 Å². The molecule has 6 nitrogen and oxygen atoms in total. The van der Waals surface area contributed by atoms with Gasteiger partial charge in [-0.2, -0.15) is 0 Å². The van der Waals surface area contributed by atoms with Crippen LogP contribution in [-0.4, -0.2) is 55.2 Å². The van der Waals surface area contributed by atoms with Crippen molar-refractivity contribution < 1.29 is 9.53 Å². The van der Waals surface area contributed by atoms with Gasteiger partial charge in [0.25, 0.3) is 0 Å². The van der Waals surface area contributed by atoms with E-state index in [0.717, 1.165) is 19.6 Å². The first-order valence-corrected chi connectivity index (χ1v) is 6.66. The molecule has 0 radical (unpaired) electrons. The van der Waals surface area contributed by atoms with Crippen molar-refractivity contribution in [1.82, 2.24) is 9.88 Å². The number of nitrogens with zero attached hydrogens (tertiary/aromatic N) is 3. The summed E-state index contributed by atoms with van der Waals surface area (Å²) in [5.74, 6) is 0.216. The van der Waals surface area contributed by atoms with E-state index >= 15 is 0 Å². The van der Waals surface area contributed by atoms with Crippen molar-refractivity contribution in [2.45, 2.75) is 19.4 Å². The lowest BCUT2D eigenvalue weighted by Gasteiger charge is -2.46. The van der Waals surface area contributed by atoms with Crippen LogP contribution in [0.15, 0.2) is 12.1 Å². The van der Waals surface area contributed by atoms with Crippen molar-refractivity contribution in [2.24, 2.45) is 0 Å². The van der Waals surface area contributed by atoms with Gasteiger partial charge < -0.3 is 15.4 Å². The molecule has 0 aromatic carbocycles. The molecular formula is C14H22N4O2. The average Bonchev–Trinajstić information content (AvgIpc) is 2.41. The number of carbonyl (C=O) groups is 1. The SMILES string of the molecule is COC(=O)c1ccc(N)c(N2CCN(C)C(C)(C)C2)n1. The number of piperazine rings is 1. The monoisotopic (exact) mass is 278 g/mol. The summed E-state index contributed by atoms with van der Waals surface area (Å²) in [7, 11) is 3.46.